The van der Waals surface area contributed by atoms with Crippen LogP contribution in [0, 0.1) is 23.7 Å². The van der Waals surface area contributed by atoms with E-state index in [2.05, 4.69) is 20.1 Å². The summed E-state index contributed by atoms with van der Waals surface area (Å²) in [5.74, 6) is 2.46. The molecule has 6 heteroatoms. The zero-order valence-electron chi connectivity index (χ0n) is 14.2. The van der Waals surface area contributed by atoms with E-state index >= 15 is 0 Å². The third-order valence-electron chi connectivity index (χ3n) is 7.65. The molecule has 1 aliphatic heterocycles. The van der Waals surface area contributed by atoms with E-state index < -0.39 is 0 Å². The lowest BCUT2D eigenvalue weighted by Crippen LogP contribution is -2.58. The van der Waals surface area contributed by atoms with Crippen LogP contribution in [0.25, 0.3) is 0 Å². The Labute approximate surface area is 143 Å². The molecule has 0 aromatic rings. The van der Waals surface area contributed by atoms with E-state index in [9.17, 15) is 10.4 Å². The maximum Gasteiger partial charge on any atom is 0.0775 e. The second kappa shape index (κ2) is 5.70. The number of rotatable bonds is 2. The average Bonchev–Trinajstić information content (AvgIpc) is 3.39. The summed E-state index contributed by atoms with van der Waals surface area (Å²) in [5, 5.41) is 26.3. The summed E-state index contributed by atoms with van der Waals surface area (Å²) in [6, 6.07) is 0.754. The summed E-state index contributed by atoms with van der Waals surface area (Å²) < 4.78 is 0. The Morgan fingerprint density at radius 1 is 0.667 bits per heavy atom. The predicted molar refractivity (Wildman–Crippen MR) is 90.8 cm³/mol. The van der Waals surface area contributed by atoms with Crippen molar-refractivity contribution in [2.45, 2.75) is 50.6 Å². The molecule has 0 amide bonds. The number of oxime groups is 2. The first-order valence-corrected chi connectivity index (χ1v) is 9.72. The molecule has 6 atom stereocenters. The maximum atomic E-state index is 9.46. The van der Waals surface area contributed by atoms with E-state index in [0.29, 0.717) is 35.8 Å². The van der Waals surface area contributed by atoms with Crippen molar-refractivity contribution in [2.24, 2.45) is 34.0 Å². The van der Waals surface area contributed by atoms with Gasteiger partial charge in [0.25, 0.3) is 0 Å². The molecule has 0 radical (unpaired) electrons. The Morgan fingerprint density at radius 3 is 1.46 bits per heavy atom. The third kappa shape index (κ3) is 2.08. The minimum absolute atomic E-state index is 0.377. The van der Waals surface area contributed by atoms with Crippen molar-refractivity contribution in [3.8, 4) is 0 Å². The largest absolute Gasteiger partial charge is 0.411 e. The van der Waals surface area contributed by atoms with Crippen LogP contribution in [0.1, 0.15) is 38.5 Å². The molecule has 1 saturated heterocycles. The molecule has 5 rings (SSSR count). The molecule has 132 valence electrons. The van der Waals surface area contributed by atoms with Crippen molar-refractivity contribution in [1.29, 1.82) is 0 Å². The molecule has 1 heterocycles. The van der Waals surface area contributed by atoms with Gasteiger partial charge in [-0.1, -0.05) is 10.3 Å². The monoisotopic (exact) mass is 332 g/mol. The molecule has 6 nitrogen and oxygen atoms in total. The number of nitrogens with zero attached hydrogens (tertiary/aromatic N) is 4. The van der Waals surface area contributed by atoms with Crippen LogP contribution in [0.3, 0.4) is 0 Å². The zero-order valence-corrected chi connectivity index (χ0v) is 14.2. The highest BCUT2D eigenvalue weighted by atomic mass is 16.4. The van der Waals surface area contributed by atoms with E-state index in [1.54, 1.807) is 0 Å². The average molecular weight is 332 g/mol. The van der Waals surface area contributed by atoms with E-state index in [1.165, 1.54) is 38.5 Å². The molecule has 0 unspecified atom stereocenters. The maximum absolute atomic E-state index is 9.46. The van der Waals surface area contributed by atoms with Gasteiger partial charge in [0.1, 0.15) is 0 Å². The summed E-state index contributed by atoms with van der Waals surface area (Å²) in [6.45, 7) is 4.16. The summed E-state index contributed by atoms with van der Waals surface area (Å²) in [4.78, 5) is 5.11. The summed E-state index contributed by atoms with van der Waals surface area (Å²) in [5.41, 5.74) is 2.11. The number of piperazine rings is 1. The van der Waals surface area contributed by atoms with Gasteiger partial charge in [-0.05, 0) is 50.4 Å². The Balaban J connectivity index is 1.27. The van der Waals surface area contributed by atoms with E-state index in [4.69, 9.17) is 0 Å². The third-order valence-corrected chi connectivity index (χ3v) is 7.65. The quantitative estimate of drug-likeness (QED) is 0.598. The smallest absolute Gasteiger partial charge is 0.0775 e. The van der Waals surface area contributed by atoms with E-state index in [-0.39, 0.29) is 0 Å². The molecule has 0 aromatic heterocycles. The van der Waals surface area contributed by atoms with Gasteiger partial charge in [0.15, 0.2) is 0 Å². The summed E-state index contributed by atoms with van der Waals surface area (Å²) in [6.07, 6.45) is 7.45. The molecule has 5 fully saturated rings. The molecule has 4 saturated carbocycles. The van der Waals surface area contributed by atoms with Gasteiger partial charge in [-0.15, -0.1) is 0 Å². The van der Waals surface area contributed by atoms with Gasteiger partial charge in [0, 0.05) is 38.0 Å². The number of hydrogen-bond donors (Lipinski definition) is 2. The molecule has 0 aromatic carbocycles. The van der Waals surface area contributed by atoms with Gasteiger partial charge in [-0.3, -0.25) is 9.80 Å². The van der Waals surface area contributed by atoms with Crippen molar-refractivity contribution in [3.63, 3.8) is 0 Å². The highest BCUT2D eigenvalue weighted by Crippen LogP contribution is 2.47. The van der Waals surface area contributed by atoms with Gasteiger partial charge in [-0.2, -0.15) is 0 Å². The van der Waals surface area contributed by atoms with Crippen molar-refractivity contribution in [3.05, 3.63) is 0 Å². The minimum Gasteiger partial charge on any atom is -0.411 e. The van der Waals surface area contributed by atoms with E-state index in [0.717, 1.165) is 37.6 Å². The van der Waals surface area contributed by atoms with Crippen molar-refractivity contribution in [1.82, 2.24) is 9.80 Å². The van der Waals surface area contributed by atoms with Crippen molar-refractivity contribution >= 4 is 11.4 Å². The van der Waals surface area contributed by atoms with Crippen LogP contribution < -0.4 is 0 Å². The van der Waals surface area contributed by atoms with Gasteiger partial charge in [-0.25, -0.2) is 0 Å². The van der Waals surface area contributed by atoms with Crippen LogP contribution in [0.4, 0.5) is 0 Å². The van der Waals surface area contributed by atoms with Crippen LogP contribution in [0.5, 0.6) is 0 Å². The lowest BCUT2D eigenvalue weighted by molar-refractivity contribution is 0.0745. The number of hydrogen-bond acceptors (Lipinski definition) is 6. The molecule has 0 spiro atoms. The second-order valence-corrected chi connectivity index (χ2v) is 8.55. The summed E-state index contributed by atoms with van der Waals surface area (Å²) >= 11 is 0. The van der Waals surface area contributed by atoms with Crippen LogP contribution in [-0.2, 0) is 0 Å². The Kier molecular flexibility index (Phi) is 3.59. The van der Waals surface area contributed by atoms with Gasteiger partial charge < -0.3 is 10.4 Å². The fraction of sp³-hybridized carbons (Fsp3) is 0.889. The van der Waals surface area contributed by atoms with Crippen LogP contribution >= 0.6 is 0 Å². The summed E-state index contributed by atoms with van der Waals surface area (Å²) in [7, 11) is 0. The van der Waals surface area contributed by atoms with E-state index in [1.807, 2.05) is 0 Å². The molecule has 5 aliphatic rings. The fourth-order valence-corrected chi connectivity index (χ4v) is 6.66. The van der Waals surface area contributed by atoms with Gasteiger partial charge in [0.2, 0.25) is 0 Å². The fourth-order valence-electron chi connectivity index (χ4n) is 6.66. The van der Waals surface area contributed by atoms with Crippen LogP contribution in [-0.4, -0.2) is 69.9 Å². The van der Waals surface area contributed by atoms with Crippen molar-refractivity contribution < 1.29 is 10.4 Å². The van der Waals surface area contributed by atoms with Crippen molar-refractivity contribution in [2.75, 3.05) is 26.2 Å². The Hall–Kier alpha value is -1.14. The molecule has 4 bridgehead atoms. The van der Waals surface area contributed by atoms with Crippen LogP contribution in [0.15, 0.2) is 10.3 Å². The Morgan fingerprint density at radius 2 is 1.08 bits per heavy atom. The topological polar surface area (TPSA) is 71.7 Å². The minimum atomic E-state index is 0.377. The standard InChI is InChI=1S/C18H28N4O2/c23-19-15-11-1-3-13(9-11)17(15)21-5-7-22(8-6-21)18-14-4-2-12(10-14)16(18)20-24/h11-14,17-18,23-24H,1-10H2/b19-15+,20-16+/t11-,12-,13-,14-,17-,18+/m0/s1. The molecule has 4 aliphatic carbocycles. The molecular formula is C18H28N4O2. The van der Waals surface area contributed by atoms with Crippen LogP contribution in [0.2, 0.25) is 0 Å². The second-order valence-electron chi connectivity index (χ2n) is 8.55. The first-order chi connectivity index (χ1) is 11.8. The first-order valence-electron chi connectivity index (χ1n) is 9.72. The lowest BCUT2D eigenvalue weighted by atomic mass is 9.90. The van der Waals surface area contributed by atoms with Gasteiger partial charge in [0.05, 0.1) is 23.5 Å². The highest BCUT2D eigenvalue weighted by Gasteiger charge is 2.51. The number of fused-ring (bicyclic) bond motifs is 4. The SMILES string of the molecule is O/N=C1\[C@H]2CC[C@@H](C2)[C@@H]1N1CCN([C@H]2/C(=N/O)[C@H]3CC[C@H]2C3)CC1. The predicted octanol–water partition coefficient (Wildman–Crippen LogP) is 1.86. The van der Waals surface area contributed by atoms with Gasteiger partial charge >= 0.3 is 0 Å². The first kappa shape index (κ1) is 15.1. The molecule has 2 N–H and O–H groups in total. The zero-order chi connectivity index (χ0) is 16.3. The lowest BCUT2D eigenvalue weighted by Gasteiger charge is -2.44. The molecular weight excluding hydrogens is 304 g/mol. The molecule has 24 heavy (non-hydrogen) atoms. The Bertz CT molecular complexity index is 519. The normalized spacial score (nSPS) is 49.0. The highest BCUT2D eigenvalue weighted by molar-refractivity contribution is 5.95.